The second-order valence-electron chi connectivity index (χ2n) is 7.89. The summed E-state index contributed by atoms with van der Waals surface area (Å²) in [6.07, 6.45) is 1.46. The largest absolute Gasteiger partial charge is 0.507 e. The van der Waals surface area contributed by atoms with Crippen LogP contribution in [0.1, 0.15) is 31.2 Å². The molecule has 1 unspecified atom stereocenters. The standard InChI is InChI=1S/C25H22ClNO5/c1-15(2)14-32-19-11-5-16(6-12-19)23(28)21-22(20-4-3-13-31-20)27(25(30)24(21)29)18-9-7-17(26)8-10-18/h3-13,15,22,28H,14H2,1-2H3/b23-21-. The van der Waals surface area contributed by atoms with E-state index in [9.17, 15) is 14.7 Å². The van der Waals surface area contributed by atoms with Crippen molar-refractivity contribution in [3.63, 3.8) is 0 Å². The summed E-state index contributed by atoms with van der Waals surface area (Å²) in [6.45, 7) is 4.67. The lowest BCUT2D eigenvalue weighted by Gasteiger charge is -2.23. The molecule has 0 aliphatic carbocycles. The Morgan fingerprint density at radius 2 is 1.78 bits per heavy atom. The Morgan fingerprint density at radius 3 is 2.38 bits per heavy atom. The van der Waals surface area contributed by atoms with Gasteiger partial charge in [-0.3, -0.25) is 14.5 Å². The summed E-state index contributed by atoms with van der Waals surface area (Å²) in [5.41, 5.74) is 0.817. The first kappa shape index (κ1) is 21.7. The summed E-state index contributed by atoms with van der Waals surface area (Å²) in [6, 6.07) is 15.7. The third-order valence-corrected chi connectivity index (χ3v) is 5.32. The fourth-order valence-corrected chi connectivity index (χ4v) is 3.67. The van der Waals surface area contributed by atoms with Crippen molar-refractivity contribution in [1.29, 1.82) is 0 Å². The lowest BCUT2D eigenvalue weighted by molar-refractivity contribution is -0.132. The first-order chi connectivity index (χ1) is 15.4. The predicted octanol–water partition coefficient (Wildman–Crippen LogP) is 5.59. The molecular weight excluding hydrogens is 430 g/mol. The van der Waals surface area contributed by atoms with Crippen LogP contribution in [-0.4, -0.2) is 23.4 Å². The third-order valence-electron chi connectivity index (χ3n) is 5.07. The molecule has 0 spiro atoms. The van der Waals surface area contributed by atoms with Gasteiger partial charge in [0.2, 0.25) is 0 Å². The lowest BCUT2D eigenvalue weighted by atomic mass is 9.99. The van der Waals surface area contributed by atoms with Gasteiger partial charge in [-0.15, -0.1) is 0 Å². The van der Waals surface area contributed by atoms with Crippen molar-refractivity contribution in [2.45, 2.75) is 19.9 Å². The number of aliphatic hydroxyl groups excluding tert-OH is 1. The van der Waals surface area contributed by atoms with Crippen molar-refractivity contribution in [2.75, 3.05) is 11.5 Å². The molecular formula is C25H22ClNO5. The number of ether oxygens (including phenoxy) is 1. The van der Waals surface area contributed by atoms with Gasteiger partial charge in [0.25, 0.3) is 11.7 Å². The zero-order valence-corrected chi connectivity index (χ0v) is 18.4. The van der Waals surface area contributed by atoms with Crippen molar-refractivity contribution in [3.8, 4) is 5.75 Å². The van der Waals surface area contributed by atoms with Crippen molar-refractivity contribution in [3.05, 3.63) is 88.8 Å². The average Bonchev–Trinajstić information content (AvgIpc) is 3.40. The summed E-state index contributed by atoms with van der Waals surface area (Å²) >= 11 is 5.98. The summed E-state index contributed by atoms with van der Waals surface area (Å²) in [5.74, 6) is -0.444. The molecule has 1 fully saturated rings. The number of ketones is 1. The first-order valence-electron chi connectivity index (χ1n) is 10.2. The fraction of sp³-hybridized carbons (Fsp3) is 0.200. The maximum atomic E-state index is 13.0. The zero-order valence-electron chi connectivity index (χ0n) is 17.6. The Hall–Kier alpha value is -3.51. The highest BCUT2D eigenvalue weighted by Gasteiger charge is 2.48. The maximum absolute atomic E-state index is 13.0. The van der Waals surface area contributed by atoms with Gasteiger partial charge in [-0.1, -0.05) is 25.4 Å². The van der Waals surface area contributed by atoms with E-state index in [1.807, 2.05) is 0 Å². The van der Waals surface area contributed by atoms with Crippen LogP contribution in [0.2, 0.25) is 5.02 Å². The molecule has 1 N–H and O–H groups in total. The molecule has 2 heterocycles. The molecule has 32 heavy (non-hydrogen) atoms. The van der Waals surface area contributed by atoms with Gasteiger partial charge in [0.05, 0.1) is 18.4 Å². The molecule has 164 valence electrons. The van der Waals surface area contributed by atoms with Crippen LogP contribution in [0.4, 0.5) is 5.69 Å². The van der Waals surface area contributed by atoms with Gasteiger partial charge in [-0.25, -0.2) is 0 Å². The number of hydrogen-bond acceptors (Lipinski definition) is 5. The van der Waals surface area contributed by atoms with Gasteiger partial charge < -0.3 is 14.3 Å². The predicted molar refractivity (Wildman–Crippen MR) is 122 cm³/mol. The molecule has 7 heteroatoms. The number of hydrogen-bond donors (Lipinski definition) is 1. The van der Waals surface area contributed by atoms with E-state index in [2.05, 4.69) is 13.8 Å². The number of aliphatic hydroxyl groups is 1. The van der Waals surface area contributed by atoms with Crippen molar-refractivity contribution >= 4 is 34.7 Å². The lowest BCUT2D eigenvalue weighted by Crippen LogP contribution is -2.29. The molecule has 6 nitrogen and oxygen atoms in total. The molecule has 1 amide bonds. The summed E-state index contributed by atoms with van der Waals surface area (Å²) in [7, 11) is 0. The number of anilines is 1. The third kappa shape index (κ3) is 4.14. The average molecular weight is 452 g/mol. The summed E-state index contributed by atoms with van der Waals surface area (Å²) < 4.78 is 11.2. The molecule has 0 radical (unpaired) electrons. The van der Waals surface area contributed by atoms with Crippen LogP contribution in [-0.2, 0) is 9.59 Å². The molecule has 1 aromatic heterocycles. The van der Waals surface area contributed by atoms with E-state index in [0.717, 1.165) is 0 Å². The minimum Gasteiger partial charge on any atom is -0.507 e. The first-order valence-corrected chi connectivity index (χ1v) is 10.6. The number of carbonyl (C=O) groups excluding carboxylic acids is 2. The van der Waals surface area contributed by atoms with Gasteiger partial charge in [-0.05, 0) is 66.6 Å². The fourth-order valence-electron chi connectivity index (χ4n) is 3.54. The molecule has 1 aliphatic heterocycles. The van der Waals surface area contributed by atoms with E-state index in [1.165, 1.54) is 11.2 Å². The van der Waals surface area contributed by atoms with E-state index in [4.69, 9.17) is 20.8 Å². The Kier molecular flexibility index (Phi) is 6.06. The van der Waals surface area contributed by atoms with Crippen molar-refractivity contribution < 1.29 is 23.8 Å². The highest BCUT2D eigenvalue weighted by molar-refractivity contribution is 6.51. The van der Waals surface area contributed by atoms with Gasteiger partial charge >= 0.3 is 0 Å². The zero-order chi connectivity index (χ0) is 22.8. The molecule has 2 aromatic carbocycles. The van der Waals surface area contributed by atoms with Gasteiger partial charge in [0.1, 0.15) is 23.3 Å². The molecule has 0 saturated carbocycles. The van der Waals surface area contributed by atoms with E-state index in [-0.39, 0.29) is 11.3 Å². The molecule has 1 saturated heterocycles. The van der Waals surface area contributed by atoms with E-state index in [1.54, 1.807) is 60.7 Å². The van der Waals surface area contributed by atoms with Crippen LogP contribution in [0, 0.1) is 5.92 Å². The maximum Gasteiger partial charge on any atom is 0.300 e. The topological polar surface area (TPSA) is 80.0 Å². The quantitative estimate of drug-likeness (QED) is 0.300. The number of carbonyl (C=O) groups is 2. The number of halogens is 1. The van der Waals surface area contributed by atoms with Crippen molar-refractivity contribution in [1.82, 2.24) is 0 Å². The van der Waals surface area contributed by atoms with Crippen LogP contribution in [0.5, 0.6) is 5.75 Å². The molecule has 1 atom stereocenters. The minimum absolute atomic E-state index is 0.0456. The van der Waals surface area contributed by atoms with Crippen LogP contribution >= 0.6 is 11.6 Å². The minimum atomic E-state index is -0.914. The Balaban J connectivity index is 1.77. The van der Waals surface area contributed by atoms with Gasteiger partial charge in [0, 0.05) is 16.3 Å². The SMILES string of the molecule is CC(C)COc1ccc(/C(O)=C2/C(=O)C(=O)N(c3ccc(Cl)cc3)C2c2ccco2)cc1. The Labute approximate surface area is 190 Å². The van der Waals surface area contributed by atoms with Gasteiger partial charge in [-0.2, -0.15) is 0 Å². The summed E-state index contributed by atoms with van der Waals surface area (Å²) in [5, 5.41) is 11.6. The molecule has 1 aliphatic rings. The van der Waals surface area contributed by atoms with E-state index >= 15 is 0 Å². The van der Waals surface area contributed by atoms with Gasteiger partial charge in [0.15, 0.2) is 0 Å². The van der Waals surface area contributed by atoms with Crippen molar-refractivity contribution in [2.24, 2.45) is 5.92 Å². The highest BCUT2D eigenvalue weighted by atomic mass is 35.5. The van der Waals surface area contributed by atoms with Crippen LogP contribution in [0.25, 0.3) is 5.76 Å². The van der Waals surface area contributed by atoms with E-state index in [0.29, 0.717) is 40.3 Å². The molecule has 3 aromatic rings. The normalized spacial score (nSPS) is 17.9. The van der Waals surface area contributed by atoms with Crippen LogP contribution in [0.15, 0.2) is 76.9 Å². The second kappa shape index (κ2) is 8.93. The van der Waals surface area contributed by atoms with Crippen LogP contribution in [0.3, 0.4) is 0 Å². The number of furan rings is 1. The second-order valence-corrected chi connectivity index (χ2v) is 8.33. The van der Waals surface area contributed by atoms with E-state index < -0.39 is 17.7 Å². The Morgan fingerprint density at radius 1 is 1.09 bits per heavy atom. The Bertz CT molecular complexity index is 1150. The number of amides is 1. The number of benzene rings is 2. The molecule has 4 rings (SSSR count). The smallest absolute Gasteiger partial charge is 0.300 e. The highest BCUT2D eigenvalue weighted by Crippen LogP contribution is 2.42. The van der Waals surface area contributed by atoms with Crippen LogP contribution < -0.4 is 9.64 Å². The number of Topliss-reactive ketones (excluding diaryl/α,β-unsaturated/α-hetero) is 1. The summed E-state index contributed by atoms with van der Waals surface area (Å²) in [4.78, 5) is 27.3. The number of rotatable bonds is 6. The monoisotopic (exact) mass is 451 g/mol. The number of nitrogens with zero attached hydrogens (tertiary/aromatic N) is 1. The molecule has 0 bridgehead atoms.